The Labute approximate surface area is 135 Å². The number of likely N-dealkylation sites (tertiary alicyclic amines) is 1. The molecule has 0 aromatic carbocycles. The van der Waals surface area contributed by atoms with Crippen molar-refractivity contribution in [3.63, 3.8) is 0 Å². The highest BCUT2D eigenvalue weighted by Gasteiger charge is 2.37. The third-order valence-electron chi connectivity index (χ3n) is 4.41. The van der Waals surface area contributed by atoms with Gasteiger partial charge < -0.3 is 14.7 Å². The summed E-state index contributed by atoms with van der Waals surface area (Å²) in [6.45, 7) is 7.54. The molecule has 23 heavy (non-hydrogen) atoms. The van der Waals surface area contributed by atoms with Crippen LogP contribution >= 0.6 is 0 Å². The third-order valence-corrected chi connectivity index (χ3v) is 4.41. The fourth-order valence-electron chi connectivity index (χ4n) is 3.03. The smallest absolute Gasteiger partial charge is 0.246 e. The fourth-order valence-corrected chi connectivity index (χ4v) is 3.03. The lowest BCUT2D eigenvalue weighted by Gasteiger charge is -2.39. The van der Waals surface area contributed by atoms with Crippen LogP contribution in [0.2, 0.25) is 0 Å². The summed E-state index contributed by atoms with van der Waals surface area (Å²) in [6, 6.07) is 3.81. The molecule has 7 heteroatoms. The van der Waals surface area contributed by atoms with Crippen LogP contribution < -0.4 is 4.90 Å². The molecule has 0 spiro atoms. The lowest BCUT2D eigenvalue weighted by atomic mass is 9.98. The first-order valence-electron chi connectivity index (χ1n) is 7.92. The zero-order chi connectivity index (χ0) is 16.2. The lowest BCUT2D eigenvalue weighted by molar-refractivity contribution is -0.146. The number of carbonyl (C=O) groups excluding carboxylic acids is 2. The Morgan fingerprint density at radius 2 is 2.00 bits per heavy atom. The molecule has 2 amide bonds. The summed E-state index contributed by atoms with van der Waals surface area (Å²) in [4.78, 5) is 29.7. The largest absolute Gasteiger partial charge is 0.353 e. The first kappa shape index (κ1) is 15.5. The van der Waals surface area contributed by atoms with Crippen molar-refractivity contribution in [2.45, 2.75) is 6.42 Å². The van der Waals surface area contributed by atoms with E-state index in [-0.39, 0.29) is 17.7 Å². The molecule has 2 aliphatic rings. The first-order chi connectivity index (χ1) is 11.2. The molecule has 0 atom stereocenters. The van der Waals surface area contributed by atoms with Crippen LogP contribution in [0, 0.1) is 5.92 Å². The second-order valence-corrected chi connectivity index (χ2v) is 5.89. The zero-order valence-corrected chi connectivity index (χ0v) is 13.1. The summed E-state index contributed by atoms with van der Waals surface area (Å²) in [6.07, 6.45) is 3.86. The van der Waals surface area contributed by atoms with Gasteiger partial charge in [0.25, 0.3) is 0 Å². The summed E-state index contributed by atoms with van der Waals surface area (Å²) in [7, 11) is 0. The Kier molecular flexibility index (Phi) is 4.55. The topological polar surface area (TPSA) is 69.6 Å². The molecule has 122 valence electrons. The van der Waals surface area contributed by atoms with E-state index in [9.17, 15) is 9.59 Å². The molecule has 1 aromatic heterocycles. The van der Waals surface area contributed by atoms with E-state index in [1.807, 2.05) is 17.0 Å². The Morgan fingerprint density at radius 1 is 1.17 bits per heavy atom. The second kappa shape index (κ2) is 6.76. The monoisotopic (exact) mass is 315 g/mol. The fraction of sp³-hybridized carbons (Fsp3) is 0.500. The van der Waals surface area contributed by atoms with Gasteiger partial charge in [-0.2, -0.15) is 5.10 Å². The number of anilines is 1. The van der Waals surface area contributed by atoms with Crippen LogP contribution in [0.5, 0.6) is 0 Å². The van der Waals surface area contributed by atoms with Crippen molar-refractivity contribution in [3.05, 3.63) is 31.0 Å². The van der Waals surface area contributed by atoms with Gasteiger partial charge in [0.2, 0.25) is 11.8 Å². The highest BCUT2D eigenvalue weighted by Crippen LogP contribution is 2.20. The van der Waals surface area contributed by atoms with Gasteiger partial charge in [-0.05, 0) is 24.6 Å². The maximum atomic E-state index is 12.5. The first-order valence-corrected chi connectivity index (χ1v) is 7.92. The van der Waals surface area contributed by atoms with Crippen molar-refractivity contribution in [1.82, 2.24) is 20.0 Å². The van der Waals surface area contributed by atoms with E-state index in [0.717, 1.165) is 31.9 Å². The van der Waals surface area contributed by atoms with Crippen molar-refractivity contribution in [1.29, 1.82) is 0 Å². The van der Waals surface area contributed by atoms with E-state index in [4.69, 9.17) is 0 Å². The highest BCUT2D eigenvalue weighted by atomic mass is 16.2. The quantitative estimate of drug-likeness (QED) is 0.743. The molecule has 0 saturated carbocycles. The van der Waals surface area contributed by atoms with Gasteiger partial charge in [-0.1, -0.05) is 6.58 Å². The van der Waals surface area contributed by atoms with Crippen LogP contribution in [0.25, 0.3) is 0 Å². The molecular formula is C16H21N5O2. The predicted molar refractivity (Wildman–Crippen MR) is 85.7 cm³/mol. The minimum absolute atomic E-state index is 0.0676. The number of carbonyl (C=O) groups is 2. The van der Waals surface area contributed by atoms with Crippen LogP contribution in [-0.2, 0) is 9.59 Å². The SMILES string of the molecule is C=CC(=O)N1CC(C(=O)N2CCCN(c3cccnn3)CC2)C1. The van der Waals surface area contributed by atoms with E-state index < -0.39 is 0 Å². The number of amides is 2. The normalized spacial score (nSPS) is 19.0. The van der Waals surface area contributed by atoms with Crippen LogP contribution in [-0.4, -0.2) is 71.1 Å². The molecule has 3 heterocycles. The molecule has 0 aliphatic carbocycles. The van der Waals surface area contributed by atoms with Crippen LogP contribution in [0.1, 0.15) is 6.42 Å². The van der Waals surface area contributed by atoms with E-state index >= 15 is 0 Å². The van der Waals surface area contributed by atoms with Crippen LogP contribution in [0.4, 0.5) is 5.82 Å². The molecule has 2 fully saturated rings. The lowest BCUT2D eigenvalue weighted by Crippen LogP contribution is -2.56. The van der Waals surface area contributed by atoms with Gasteiger partial charge in [-0.3, -0.25) is 9.59 Å². The molecule has 0 unspecified atom stereocenters. The zero-order valence-electron chi connectivity index (χ0n) is 13.1. The van der Waals surface area contributed by atoms with Crippen LogP contribution in [0.15, 0.2) is 31.0 Å². The van der Waals surface area contributed by atoms with Gasteiger partial charge in [-0.15, -0.1) is 5.10 Å². The summed E-state index contributed by atoms with van der Waals surface area (Å²) < 4.78 is 0. The predicted octanol–water partition coefficient (Wildman–Crippen LogP) is 0.160. The summed E-state index contributed by atoms with van der Waals surface area (Å²) in [5.74, 6) is 0.841. The van der Waals surface area contributed by atoms with Crippen molar-refractivity contribution in [3.8, 4) is 0 Å². The van der Waals surface area contributed by atoms with E-state index in [1.54, 1.807) is 11.1 Å². The van der Waals surface area contributed by atoms with Gasteiger partial charge in [0, 0.05) is 45.5 Å². The average molecular weight is 315 g/mol. The summed E-state index contributed by atoms with van der Waals surface area (Å²) >= 11 is 0. The standard InChI is InChI=1S/C16H21N5O2/c1-2-15(22)21-11-13(12-21)16(23)20-8-4-7-19(9-10-20)14-5-3-6-17-18-14/h2-3,5-6,13H,1,4,7-12H2. The number of hydrogen-bond acceptors (Lipinski definition) is 5. The molecular weight excluding hydrogens is 294 g/mol. The molecule has 2 aliphatic heterocycles. The van der Waals surface area contributed by atoms with E-state index in [1.165, 1.54) is 6.08 Å². The van der Waals surface area contributed by atoms with E-state index in [0.29, 0.717) is 19.6 Å². The van der Waals surface area contributed by atoms with E-state index in [2.05, 4.69) is 21.7 Å². The maximum absolute atomic E-state index is 12.5. The third kappa shape index (κ3) is 3.33. The summed E-state index contributed by atoms with van der Waals surface area (Å²) in [5, 5.41) is 8.04. The van der Waals surface area contributed by atoms with Crippen molar-refractivity contribution in [2.24, 2.45) is 5.92 Å². The Morgan fingerprint density at radius 3 is 2.70 bits per heavy atom. The minimum atomic E-state index is -0.0984. The van der Waals surface area contributed by atoms with Gasteiger partial charge in [-0.25, -0.2) is 0 Å². The maximum Gasteiger partial charge on any atom is 0.246 e. The second-order valence-electron chi connectivity index (χ2n) is 5.89. The van der Waals surface area contributed by atoms with Crippen molar-refractivity contribution in [2.75, 3.05) is 44.2 Å². The molecule has 0 N–H and O–H groups in total. The highest BCUT2D eigenvalue weighted by molar-refractivity contribution is 5.90. The number of rotatable bonds is 3. The van der Waals surface area contributed by atoms with Gasteiger partial charge in [0.15, 0.2) is 5.82 Å². The van der Waals surface area contributed by atoms with Crippen LogP contribution in [0.3, 0.4) is 0 Å². The molecule has 2 saturated heterocycles. The van der Waals surface area contributed by atoms with Crippen molar-refractivity contribution >= 4 is 17.6 Å². The molecule has 0 bridgehead atoms. The molecule has 1 aromatic rings. The van der Waals surface area contributed by atoms with Gasteiger partial charge >= 0.3 is 0 Å². The summed E-state index contributed by atoms with van der Waals surface area (Å²) in [5.41, 5.74) is 0. The molecule has 3 rings (SSSR count). The Hall–Kier alpha value is -2.44. The average Bonchev–Trinajstić information content (AvgIpc) is 2.80. The molecule has 7 nitrogen and oxygen atoms in total. The number of hydrogen-bond donors (Lipinski definition) is 0. The molecule has 0 radical (unpaired) electrons. The Bertz CT molecular complexity index is 585. The number of nitrogens with zero attached hydrogens (tertiary/aromatic N) is 5. The number of aromatic nitrogens is 2. The van der Waals surface area contributed by atoms with Crippen molar-refractivity contribution < 1.29 is 9.59 Å². The van der Waals surface area contributed by atoms with Gasteiger partial charge in [0.05, 0.1) is 5.92 Å². The minimum Gasteiger partial charge on any atom is -0.353 e. The van der Waals surface area contributed by atoms with Gasteiger partial charge in [0.1, 0.15) is 0 Å². The Balaban J connectivity index is 1.53.